The smallest absolute Gasteiger partial charge is 0.267 e. The maximum atomic E-state index is 12.7. The van der Waals surface area contributed by atoms with Crippen molar-refractivity contribution in [3.8, 4) is 5.75 Å². The molecule has 1 saturated heterocycles. The maximum Gasteiger partial charge on any atom is 0.267 e. The predicted octanol–water partition coefficient (Wildman–Crippen LogP) is 3.00. The molecule has 1 N–H and O–H groups in total. The number of benzene rings is 1. The third kappa shape index (κ3) is 3.40. The average molecular weight is 241 g/mol. The van der Waals surface area contributed by atoms with Crippen molar-refractivity contribution in [2.45, 2.75) is 19.3 Å². The van der Waals surface area contributed by atoms with Crippen LogP contribution in [0, 0.1) is 5.92 Å². The van der Waals surface area contributed by atoms with E-state index in [2.05, 4.69) is 5.32 Å². The van der Waals surface area contributed by atoms with Gasteiger partial charge in [0, 0.05) is 12.5 Å². The molecule has 1 aromatic carbocycles. The van der Waals surface area contributed by atoms with Gasteiger partial charge in [0.15, 0.2) is 0 Å². The van der Waals surface area contributed by atoms with E-state index in [1.54, 1.807) is 18.2 Å². The summed E-state index contributed by atoms with van der Waals surface area (Å²) < 4.78 is 30.9. The Labute approximate surface area is 100.0 Å². The molecule has 94 valence electrons. The van der Waals surface area contributed by atoms with Crippen molar-refractivity contribution in [1.29, 1.82) is 0 Å². The predicted molar refractivity (Wildman–Crippen MR) is 62.5 cm³/mol. The van der Waals surface area contributed by atoms with Gasteiger partial charge in [0.05, 0.1) is 12.2 Å². The number of rotatable bonds is 4. The first-order valence-corrected chi connectivity index (χ1v) is 5.98. The minimum atomic E-state index is -2.48. The lowest BCUT2D eigenvalue weighted by Gasteiger charge is -2.23. The van der Waals surface area contributed by atoms with Gasteiger partial charge in [0.2, 0.25) is 0 Å². The van der Waals surface area contributed by atoms with Crippen LogP contribution in [0.25, 0.3) is 0 Å². The SMILES string of the molecule is FC(F)c1ccccc1OCC1CCCNC1. The molecule has 0 radical (unpaired) electrons. The third-order valence-electron chi connectivity index (χ3n) is 3.03. The topological polar surface area (TPSA) is 21.3 Å². The van der Waals surface area contributed by atoms with Crippen LogP contribution >= 0.6 is 0 Å². The van der Waals surface area contributed by atoms with Gasteiger partial charge >= 0.3 is 0 Å². The standard InChI is InChI=1S/C13H17F2NO/c14-13(15)11-5-1-2-6-12(11)17-9-10-4-3-7-16-8-10/h1-2,5-6,10,13,16H,3-4,7-9H2. The van der Waals surface area contributed by atoms with Gasteiger partial charge in [0.1, 0.15) is 5.75 Å². The van der Waals surface area contributed by atoms with Crippen LogP contribution in [0.2, 0.25) is 0 Å². The highest BCUT2D eigenvalue weighted by Crippen LogP contribution is 2.29. The lowest BCUT2D eigenvalue weighted by Crippen LogP contribution is -2.33. The summed E-state index contributed by atoms with van der Waals surface area (Å²) in [5.74, 6) is 0.738. The molecule has 1 aliphatic heterocycles. The van der Waals surface area contributed by atoms with Crippen LogP contribution < -0.4 is 10.1 Å². The molecule has 0 spiro atoms. The van der Waals surface area contributed by atoms with Crippen molar-refractivity contribution in [2.24, 2.45) is 5.92 Å². The molecule has 0 aromatic heterocycles. The molecule has 2 nitrogen and oxygen atoms in total. The fraction of sp³-hybridized carbons (Fsp3) is 0.538. The van der Waals surface area contributed by atoms with Crippen LogP contribution in [0.15, 0.2) is 24.3 Å². The average Bonchev–Trinajstić information content (AvgIpc) is 2.38. The number of ether oxygens (including phenoxy) is 1. The Balaban J connectivity index is 1.93. The molecular formula is C13H17F2NO. The zero-order chi connectivity index (χ0) is 12.1. The molecule has 17 heavy (non-hydrogen) atoms. The van der Waals surface area contributed by atoms with Crippen LogP contribution in [0.5, 0.6) is 5.75 Å². The summed E-state index contributed by atoms with van der Waals surface area (Å²) in [6.45, 7) is 2.47. The van der Waals surface area contributed by atoms with E-state index in [9.17, 15) is 8.78 Å². The Hall–Kier alpha value is -1.16. The van der Waals surface area contributed by atoms with E-state index < -0.39 is 6.43 Å². The minimum Gasteiger partial charge on any atom is -0.493 e. The molecule has 4 heteroatoms. The van der Waals surface area contributed by atoms with Crippen molar-refractivity contribution in [1.82, 2.24) is 5.32 Å². The Morgan fingerprint density at radius 1 is 1.35 bits per heavy atom. The first kappa shape index (κ1) is 12.3. The Morgan fingerprint density at radius 3 is 2.88 bits per heavy atom. The summed E-state index contributed by atoms with van der Waals surface area (Å²) in [7, 11) is 0. The highest BCUT2D eigenvalue weighted by Gasteiger charge is 2.16. The van der Waals surface area contributed by atoms with Crippen LogP contribution in [0.3, 0.4) is 0 Å². The first-order chi connectivity index (χ1) is 8.27. The monoisotopic (exact) mass is 241 g/mol. The fourth-order valence-corrected chi connectivity index (χ4v) is 2.07. The summed E-state index contributed by atoms with van der Waals surface area (Å²) in [5.41, 5.74) is -0.0173. The Morgan fingerprint density at radius 2 is 2.18 bits per heavy atom. The summed E-state index contributed by atoms with van der Waals surface area (Å²) in [4.78, 5) is 0. The highest BCUT2D eigenvalue weighted by molar-refractivity contribution is 5.34. The zero-order valence-corrected chi connectivity index (χ0v) is 9.66. The second-order valence-corrected chi connectivity index (χ2v) is 4.36. The fourth-order valence-electron chi connectivity index (χ4n) is 2.07. The molecule has 1 unspecified atom stereocenters. The van der Waals surface area contributed by atoms with Crippen molar-refractivity contribution >= 4 is 0 Å². The summed E-state index contributed by atoms with van der Waals surface area (Å²) in [6, 6.07) is 6.35. The van der Waals surface area contributed by atoms with Gasteiger partial charge in [-0.15, -0.1) is 0 Å². The lowest BCUT2D eigenvalue weighted by molar-refractivity contribution is 0.141. The van der Waals surface area contributed by atoms with E-state index in [1.807, 2.05) is 0 Å². The molecule has 0 bridgehead atoms. The highest BCUT2D eigenvalue weighted by atomic mass is 19.3. The third-order valence-corrected chi connectivity index (χ3v) is 3.03. The molecule has 0 saturated carbocycles. The van der Waals surface area contributed by atoms with Crippen molar-refractivity contribution in [3.63, 3.8) is 0 Å². The molecular weight excluding hydrogens is 224 g/mol. The molecule has 1 aliphatic rings. The van der Waals surface area contributed by atoms with Crippen LogP contribution in [-0.2, 0) is 0 Å². The normalized spacial score (nSPS) is 20.5. The van der Waals surface area contributed by atoms with Gasteiger partial charge in [-0.2, -0.15) is 0 Å². The number of nitrogens with one attached hydrogen (secondary N) is 1. The number of alkyl halides is 2. The molecule has 1 heterocycles. The quantitative estimate of drug-likeness (QED) is 0.875. The van der Waals surface area contributed by atoms with Crippen LogP contribution in [-0.4, -0.2) is 19.7 Å². The van der Waals surface area contributed by atoms with E-state index >= 15 is 0 Å². The number of hydrogen-bond donors (Lipinski definition) is 1. The van der Waals surface area contributed by atoms with E-state index in [1.165, 1.54) is 6.07 Å². The van der Waals surface area contributed by atoms with E-state index in [-0.39, 0.29) is 5.56 Å². The van der Waals surface area contributed by atoms with E-state index in [0.29, 0.717) is 18.3 Å². The molecule has 2 rings (SSSR count). The van der Waals surface area contributed by atoms with Crippen molar-refractivity contribution in [2.75, 3.05) is 19.7 Å². The summed E-state index contributed by atoms with van der Waals surface area (Å²) in [5, 5.41) is 3.28. The van der Waals surface area contributed by atoms with Crippen molar-refractivity contribution < 1.29 is 13.5 Å². The maximum absolute atomic E-state index is 12.7. The first-order valence-electron chi connectivity index (χ1n) is 5.98. The number of halogens is 2. The lowest BCUT2D eigenvalue weighted by atomic mass is 10.0. The molecule has 0 amide bonds. The molecule has 1 atom stereocenters. The Bertz CT molecular complexity index is 351. The molecule has 1 aromatic rings. The summed E-state index contributed by atoms with van der Waals surface area (Å²) in [6.07, 6.45) is -0.246. The number of piperidine rings is 1. The second kappa shape index (κ2) is 5.96. The van der Waals surface area contributed by atoms with Gasteiger partial charge in [-0.3, -0.25) is 0 Å². The van der Waals surface area contributed by atoms with E-state index in [0.717, 1.165) is 25.9 Å². The minimum absolute atomic E-state index is 0.0173. The van der Waals surface area contributed by atoms with Gasteiger partial charge < -0.3 is 10.1 Å². The van der Waals surface area contributed by atoms with Gasteiger partial charge in [-0.1, -0.05) is 12.1 Å². The van der Waals surface area contributed by atoms with Gasteiger partial charge in [0.25, 0.3) is 6.43 Å². The number of hydrogen-bond acceptors (Lipinski definition) is 2. The number of para-hydroxylation sites is 1. The van der Waals surface area contributed by atoms with Crippen molar-refractivity contribution in [3.05, 3.63) is 29.8 Å². The molecule has 0 aliphatic carbocycles. The van der Waals surface area contributed by atoms with E-state index in [4.69, 9.17) is 4.74 Å². The summed E-state index contributed by atoms with van der Waals surface area (Å²) >= 11 is 0. The van der Waals surface area contributed by atoms with Gasteiger partial charge in [-0.25, -0.2) is 8.78 Å². The Kier molecular flexibility index (Phi) is 4.31. The van der Waals surface area contributed by atoms with Crippen LogP contribution in [0.1, 0.15) is 24.8 Å². The van der Waals surface area contributed by atoms with Gasteiger partial charge in [-0.05, 0) is 31.5 Å². The second-order valence-electron chi connectivity index (χ2n) is 4.36. The largest absolute Gasteiger partial charge is 0.493 e. The zero-order valence-electron chi connectivity index (χ0n) is 9.66. The van der Waals surface area contributed by atoms with Crippen LogP contribution in [0.4, 0.5) is 8.78 Å². The molecule has 1 fully saturated rings.